The molecule has 0 aliphatic rings. The number of aromatic nitrogens is 2. The van der Waals surface area contributed by atoms with Gasteiger partial charge in [-0.1, -0.05) is 0 Å². The molecule has 7 heteroatoms. The first-order valence-corrected chi connectivity index (χ1v) is 6.45. The van der Waals surface area contributed by atoms with Crippen molar-refractivity contribution in [1.82, 2.24) is 15.3 Å². The second kappa shape index (κ2) is 5.23. The van der Waals surface area contributed by atoms with Crippen LogP contribution in [0.15, 0.2) is 18.3 Å². The van der Waals surface area contributed by atoms with E-state index < -0.39 is 5.97 Å². The van der Waals surface area contributed by atoms with Crippen molar-refractivity contribution in [2.45, 2.75) is 19.9 Å². The van der Waals surface area contributed by atoms with E-state index in [2.05, 4.69) is 15.3 Å². The lowest BCUT2D eigenvalue weighted by molar-refractivity contribution is 0.0701. The van der Waals surface area contributed by atoms with Crippen LogP contribution in [0.4, 0.5) is 0 Å². The Labute approximate surface area is 113 Å². The summed E-state index contributed by atoms with van der Waals surface area (Å²) in [4.78, 5) is 30.0. The van der Waals surface area contributed by atoms with E-state index in [1.807, 2.05) is 0 Å². The van der Waals surface area contributed by atoms with Crippen molar-refractivity contribution in [3.05, 3.63) is 39.6 Å². The summed E-state index contributed by atoms with van der Waals surface area (Å²) in [6.45, 7) is 3.41. The molecule has 0 aliphatic carbocycles. The normalized spacial score (nSPS) is 12.1. The van der Waals surface area contributed by atoms with Gasteiger partial charge in [-0.15, -0.1) is 11.3 Å². The summed E-state index contributed by atoms with van der Waals surface area (Å²) in [6, 6.07) is 3.06. The summed E-state index contributed by atoms with van der Waals surface area (Å²) in [6.07, 6.45) is 1.66. The van der Waals surface area contributed by atoms with Crippen LogP contribution in [0.3, 0.4) is 0 Å². The lowest BCUT2D eigenvalue weighted by Crippen LogP contribution is -2.26. The molecule has 0 saturated heterocycles. The first kappa shape index (κ1) is 13.3. The molecule has 0 fully saturated rings. The first-order chi connectivity index (χ1) is 8.99. The lowest BCUT2D eigenvalue weighted by Gasteiger charge is -2.09. The maximum Gasteiger partial charge on any atom is 0.347 e. The Kier molecular flexibility index (Phi) is 3.66. The van der Waals surface area contributed by atoms with Crippen LogP contribution in [0, 0.1) is 6.92 Å². The second-order valence-electron chi connectivity index (χ2n) is 4.05. The molecule has 100 valence electrons. The quantitative estimate of drug-likeness (QED) is 0.797. The van der Waals surface area contributed by atoms with Gasteiger partial charge in [0, 0.05) is 6.20 Å². The topological polar surface area (TPSA) is 95.1 Å². The molecule has 6 nitrogen and oxygen atoms in total. The molecule has 2 rings (SSSR count). The number of carbonyl (C=O) groups excluding carboxylic acids is 1. The van der Waals surface area contributed by atoms with E-state index >= 15 is 0 Å². The van der Waals surface area contributed by atoms with Crippen molar-refractivity contribution in [3.63, 3.8) is 0 Å². The standard InChI is InChI=1S/C12H13N3O3S/c1-6-9(12(17)18)19-11(15-6)7(2)14-10(16)8-4-3-5-13-8/h3-5,7,13H,1-2H3,(H,14,16)(H,17,18). The van der Waals surface area contributed by atoms with E-state index in [1.165, 1.54) is 0 Å². The number of H-pyrrole nitrogens is 1. The second-order valence-corrected chi connectivity index (χ2v) is 5.08. The Balaban J connectivity index is 2.12. The van der Waals surface area contributed by atoms with Crippen molar-refractivity contribution >= 4 is 23.2 Å². The van der Waals surface area contributed by atoms with Gasteiger partial charge in [-0.3, -0.25) is 4.79 Å². The Bertz CT molecular complexity index is 604. The smallest absolute Gasteiger partial charge is 0.347 e. The summed E-state index contributed by atoms with van der Waals surface area (Å²) in [5, 5.41) is 12.3. The molecule has 19 heavy (non-hydrogen) atoms. The zero-order valence-electron chi connectivity index (χ0n) is 10.4. The Morgan fingerprint density at radius 3 is 2.79 bits per heavy atom. The van der Waals surface area contributed by atoms with Gasteiger partial charge in [0.1, 0.15) is 15.6 Å². The molecule has 1 amide bonds. The SMILES string of the molecule is Cc1nc(C(C)NC(=O)c2ccc[nH]2)sc1C(=O)O. The van der Waals surface area contributed by atoms with Crippen LogP contribution in [-0.4, -0.2) is 27.0 Å². The summed E-state index contributed by atoms with van der Waals surface area (Å²) in [5.74, 6) is -1.24. The molecule has 0 aliphatic heterocycles. The highest BCUT2D eigenvalue weighted by Gasteiger charge is 2.19. The predicted octanol–water partition coefficient (Wildman–Crippen LogP) is 1.97. The molecule has 2 heterocycles. The largest absolute Gasteiger partial charge is 0.477 e. The molecule has 0 bridgehead atoms. The van der Waals surface area contributed by atoms with Gasteiger partial charge in [0.05, 0.1) is 11.7 Å². The first-order valence-electron chi connectivity index (χ1n) is 5.64. The number of carboxylic acids is 1. The average Bonchev–Trinajstić information content (AvgIpc) is 2.96. The van der Waals surface area contributed by atoms with Crippen LogP contribution in [-0.2, 0) is 0 Å². The molecule has 3 N–H and O–H groups in total. The molecule has 1 unspecified atom stereocenters. The Hall–Kier alpha value is -2.15. The van der Waals surface area contributed by atoms with Crippen molar-refractivity contribution in [2.24, 2.45) is 0 Å². The van der Waals surface area contributed by atoms with Gasteiger partial charge in [-0.05, 0) is 26.0 Å². The van der Waals surface area contributed by atoms with Gasteiger partial charge in [0.15, 0.2) is 0 Å². The van der Waals surface area contributed by atoms with Gasteiger partial charge >= 0.3 is 5.97 Å². The minimum absolute atomic E-state index is 0.205. The maximum absolute atomic E-state index is 11.8. The van der Waals surface area contributed by atoms with Gasteiger partial charge in [0.25, 0.3) is 5.91 Å². The lowest BCUT2D eigenvalue weighted by atomic mass is 10.3. The van der Waals surface area contributed by atoms with Crippen LogP contribution < -0.4 is 5.32 Å². The van der Waals surface area contributed by atoms with E-state index in [0.29, 0.717) is 16.4 Å². The zero-order valence-corrected chi connectivity index (χ0v) is 11.2. The molecule has 0 aromatic carbocycles. The molecular formula is C12H13N3O3S. The van der Waals surface area contributed by atoms with Crippen LogP contribution in [0.25, 0.3) is 0 Å². The number of aromatic amines is 1. The number of thiazole rings is 1. The summed E-state index contributed by atoms with van der Waals surface area (Å²) in [7, 11) is 0. The fourth-order valence-electron chi connectivity index (χ4n) is 1.61. The number of hydrogen-bond donors (Lipinski definition) is 3. The monoisotopic (exact) mass is 279 g/mol. The molecule has 0 saturated carbocycles. The van der Waals surface area contributed by atoms with Gasteiger partial charge in [0.2, 0.25) is 0 Å². The number of nitrogens with one attached hydrogen (secondary N) is 2. The van der Waals surface area contributed by atoms with Gasteiger partial charge < -0.3 is 15.4 Å². The van der Waals surface area contributed by atoms with E-state index in [-0.39, 0.29) is 16.8 Å². The minimum atomic E-state index is -0.996. The van der Waals surface area contributed by atoms with Crippen LogP contribution in [0.5, 0.6) is 0 Å². The number of aromatic carboxylic acids is 1. The number of carbonyl (C=O) groups is 2. The summed E-state index contributed by atoms with van der Waals surface area (Å²) in [5.41, 5.74) is 0.923. The number of rotatable bonds is 4. The highest BCUT2D eigenvalue weighted by atomic mass is 32.1. The number of amides is 1. The summed E-state index contributed by atoms with van der Waals surface area (Å²) >= 11 is 1.08. The number of carboxylic acid groups (broad SMARTS) is 1. The number of aryl methyl sites for hydroxylation is 1. The van der Waals surface area contributed by atoms with E-state index in [0.717, 1.165) is 11.3 Å². The minimum Gasteiger partial charge on any atom is -0.477 e. The third-order valence-electron chi connectivity index (χ3n) is 2.57. The van der Waals surface area contributed by atoms with Crippen LogP contribution in [0.2, 0.25) is 0 Å². The Morgan fingerprint density at radius 2 is 2.26 bits per heavy atom. The third-order valence-corrected chi connectivity index (χ3v) is 3.90. The van der Waals surface area contributed by atoms with E-state index in [4.69, 9.17) is 5.11 Å². The fraction of sp³-hybridized carbons (Fsp3) is 0.250. The predicted molar refractivity (Wildman–Crippen MR) is 70.5 cm³/mol. The highest BCUT2D eigenvalue weighted by Crippen LogP contribution is 2.23. The maximum atomic E-state index is 11.8. The molecule has 0 spiro atoms. The van der Waals surface area contributed by atoms with Crippen molar-refractivity contribution in [2.75, 3.05) is 0 Å². The van der Waals surface area contributed by atoms with Crippen LogP contribution >= 0.6 is 11.3 Å². The van der Waals surface area contributed by atoms with E-state index in [9.17, 15) is 9.59 Å². The van der Waals surface area contributed by atoms with Gasteiger partial charge in [-0.25, -0.2) is 9.78 Å². The average molecular weight is 279 g/mol. The molecule has 0 radical (unpaired) electrons. The fourth-order valence-corrected chi connectivity index (χ4v) is 2.52. The number of hydrogen-bond acceptors (Lipinski definition) is 4. The van der Waals surface area contributed by atoms with E-state index in [1.54, 1.807) is 32.2 Å². The molecule has 1 atom stereocenters. The van der Waals surface area contributed by atoms with Gasteiger partial charge in [-0.2, -0.15) is 0 Å². The molecule has 2 aromatic rings. The third kappa shape index (κ3) is 2.82. The van der Waals surface area contributed by atoms with Crippen molar-refractivity contribution in [3.8, 4) is 0 Å². The summed E-state index contributed by atoms with van der Waals surface area (Å²) < 4.78 is 0. The van der Waals surface area contributed by atoms with Crippen LogP contribution in [0.1, 0.15) is 43.8 Å². The Morgan fingerprint density at radius 1 is 1.53 bits per heavy atom. The highest BCUT2D eigenvalue weighted by molar-refractivity contribution is 7.13. The number of nitrogens with zero attached hydrogens (tertiary/aromatic N) is 1. The molecular weight excluding hydrogens is 266 g/mol. The molecule has 2 aromatic heterocycles. The zero-order chi connectivity index (χ0) is 14.0. The van der Waals surface area contributed by atoms with Crippen molar-refractivity contribution < 1.29 is 14.7 Å². The van der Waals surface area contributed by atoms with Crippen molar-refractivity contribution in [1.29, 1.82) is 0 Å².